The van der Waals surface area contributed by atoms with Gasteiger partial charge in [-0.15, -0.1) is 11.8 Å². The Morgan fingerprint density at radius 1 is 1.08 bits per heavy atom. The Balaban J connectivity index is 2.16. The zero-order chi connectivity index (χ0) is 18.6. The van der Waals surface area contributed by atoms with Gasteiger partial charge in [0.2, 0.25) is 5.91 Å². The second-order valence-corrected chi connectivity index (χ2v) is 7.39. The summed E-state index contributed by atoms with van der Waals surface area (Å²) in [5.41, 5.74) is 4.57. The third-order valence-corrected chi connectivity index (χ3v) is 5.07. The summed E-state index contributed by atoms with van der Waals surface area (Å²) in [5, 5.41) is 2.66. The van der Waals surface area contributed by atoms with E-state index in [4.69, 9.17) is 4.74 Å². The van der Waals surface area contributed by atoms with Gasteiger partial charge >= 0.3 is 5.97 Å². The smallest absolute Gasteiger partial charge is 0.338 e. The van der Waals surface area contributed by atoms with Gasteiger partial charge in [0.25, 0.3) is 0 Å². The third-order valence-electron chi connectivity index (χ3n) is 3.89. The van der Waals surface area contributed by atoms with Crippen LogP contribution in [0.15, 0.2) is 41.3 Å². The first-order valence-corrected chi connectivity index (χ1v) is 8.94. The van der Waals surface area contributed by atoms with Crippen LogP contribution >= 0.6 is 11.8 Å². The number of anilines is 1. The Labute approximate surface area is 153 Å². The number of methoxy groups -OCH3 is 1. The van der Waals surface area contributed by atoms with Gasteiger partial charge in [0.15, 0.2) is 0 Å². The van der Waals surface area contributed by atoms with Gasteiger partial charge in [-0.1, -0.05) is 29.8 Å². The second kappa shape index (κ2) is 8.21. The Bertz CT molecular complexity index is 778. The van der Waals surface area contributed by atoms with E-state index in [0.29, 0.717) is 5.56 Å². The molecule has 0 unspecified atom stereocenters. The predicted molar refractivity (Wildman–Crippen MR) is 102 cm³/mol. The van der Waals surface area contributed by atoms with Crippen molar-refractivity contribution in [2.45, 2.75) is 37.8 Å². The molecule has 0 radical (unpaired) electrons. The largest absolute Gasteiger partial charge is 0.465 e. The summed E-state index contributed by atoms with van der Waals surface area (Å²) in [4.78, 5) is 25.2. The molecule has 0 heterocycles. The molecule has 0 aliphatic heterocycles. The molecule has 4 nitrogen and oxygen atoms in total. The number of benzene rings is 2. The van der Waals surface area contributed by atoms with Gasteiger partial charge in [0.05, 0.1) is 17.9 Å². The zero-order valence-corrected chi connectivity index (χ0v) is 16.0. The van der Waals surface area contributed by atoms with Gasteiger partial charge in [0, 0.05) is 10.6 Å². The molecule has 0 spiro atoms. The van der Waals surface area contributed by atoms with Crippen LogP contribution in [-0.2, 0) is 9.53 Å². The van der Waals surface area contributed by atoms with Crippen LogP contribution in [0.5, 0.6) is 0 Å². The number of aryl methyl sites for hydroxylation is 3. The molecular weight excluding hydrogens is 334 g/mol. The van der Waals surface area contributed by atoms with Crippen molar-refractivity contribution < 1.29 is 14.3 Å². The number of esters is 1. The van der Waals surface area contributed by atoms with Crippen molar-refractivity contribution in [3.8, 4) is 0 Å². The highest BCUT2D eigenvalue weighted by Crippen LogP contribution is 2.29. The molecular formula is C20H23NO3S. The first kappa shape index (κ1) is 19.1. The Hall–Kier alpha value is -2.27. The monoisotopic (exact) mass is 357 g/mol. The van der Waals surface area contributed by atoms with E-state index in [1.165, 1.54) is 24.4 Å². The molecule has 1 atom stereocenters. The van der Waals surface area contributed by atoms with Crippen LogP contribution in [0.3, 0.4) is 0 Å². The molecule has 25 heavy (non-hydrogen) atoms. The van der Waals surface area contributed by atoms with E-state index in [0.717, 1.165) is 21.7 Å². The van der Waals surface area contributed by atoms with Crippen LogP contribution in [0.2, 0.25) is 0 Å². The number of hydrogen-bond acceptors (Lipinski definition) is 4. The SMILES string of the molecule is COC(=O)c1ccccc1S[C@H](C)C(=O)Nc1c(C)cc(C)cc1C. The third kappa shape index (κ3) is 4.63. The highest BCUT2D eigenvalue weighted by molar-refractivity contribution is 8.00. The van der Waals surface area contributed by atoms with Crippen molar-refractivity contribution in [2.75, 3.05) is 12.4 Å². The van der Waals surface area contributed by atoms with E-state index in [1.54, 1.807) is 12.1 Å². The number of carbonyl (C=O) groups excluding carboxylic acids is 2. The number of rotatable bonds is 5. The average Bonchev–Trinajstić information content (AvgIpc) is 2.57. The summed E-state index contributed by atoms with van der Waals surface area (Å²) < 4.78 is 4.80. The molecule has 2 aromatic carbocycles. The minimum Gasteiger partial charge on any atom is -0.465 e. The van der Waals surface area contributed by atoms with Crippen molar-refractivity contribution in [1.82, 2.24) is 0 Å². The van der Waals surface area contributed by atoms with Gasteiger partial charge in [-0.2, -0.15) is 0 Å². The van der Waals surface area contributed by atoms with E-state index < -0.39 is 5.97 Å². The number of hydrogen-bond donors (Lipinski definition) is 1. The molecule has 1 amide bonds. The standard InChI is InChI=1S/C20H23NO3S/c1-12-10-13(2)18(14(3)11-12)21-19(22)15(4)25-17-9-7-6-8-16(17)20(23)24-5/h6-11,15H,1-5H3,(H,21,22)/t15-/m1/s1. The number of nitrogens with one attached hydrogen (secondary N) is 1. The van der Waals surface area contributed by atoms with Crippen LogP contribution in [-0.4, -0.2) is 24.2 Å². The Morgan fingerprint density at radius 3 is 2.28 bits per heavy atom. The zero-order valence-electron chi connectivity index (χ0n) is 15.2. The Morgan fingerprint density at radius 2 is 1.68 bits per heavy atom. The summed E-state index contributed by atoms with van der Waals surface area (Å²) in [6.45, 7) is 7.83. The molecule has 0 aromatic heterocycles. The highest BCUT2D eigenvalue weighted by Gasteiger charge is 2.20. The number of ether oxygens (including phenoxy) is 1. The van der Waals surface area contributed by atoms with Gasteiger partial charge in [-0.3, -0.25) is 4.79 Å². The molecule has 2 rings (SSSR count). The number of amides is 1. The lowest BCUT2D eigenvalue weighted by atomic mass is 10.1. The van der Waals surface area contributed by atoms with Crippen LogP contribution < -0.4 is 5.32 Å². The summed E-state index contributed by atoms with van der Waals surface area (Å²) in [7, 11) is 1.35. The fourth-order valence-corrected chi connectivity index (χ4v) is 3.68. The van der Waals surface area contributed by atoms with Crippen molar-refractivity contribution in [3.05, 3.63) is 58.7 Å². The quantitative estimate of drug-likeness (QED) is 0.631. The van der Waals surface area contributed by atoms with Crippen molar-refractivity contribution in [1.29, 1.82) is 0 Å². The average molecular weight is 357 g/mol. The van der Waals surface area contributed by atoms with Gasteiger partial charge in [-0.05, 0) is 51.0 Å². The lowest BCUT2D eigenvalue weighted by molar-refractivity contribution is -0.115. The van der Waals surface area contributed by atoms with E-state index in [2.05, 4.69) is 5.32 Å². The first-order valence-electron chi connectivity index (χ1n) is 8.06. The van der Waals surface area contributed by atoms with Crippen molar-refractivity contribution >= 4 is 29.3 Å². The lowest BCUT2D eigenvalue weighted by Gasteiger charge is -2.17. The van der Waals surface area contributed by atoms with E-state index in [-0.39, 0.29) is 11.2 Å². The summed E-state index contributed by atoms with van der Waals surface area (Å²) in [6, 6.07) is 11.2. The predicted octanol–water partition coefficient (Wildman–Crippen LogP) is 4.52. The molecule has 2 aromatic rings. The fraction of sp³-hybridized carbons (Fsp3) is 0.300. The first-order chi connectivity index (χ1) is 11.8. The van der Waals surface area contributed by atoms with Gasteiger partial charge < -0.3 is 10.1 Å². The van der Waals surface area contributed by atoms with Crippen LogP contribution in [0.4, 0.5) is 5.69 Å². The molecule has 0 fully saturated rings. The minimum atomic E-state index is -0.402. The van der Waals surface area contributed by atoms with Crippen LogP contribution in [0.25, 0.3) is 0 Å². The molecule has 1 N–H and O–H groups in total. The van der Waals surface area contributed by atoms with E-state index in [9.17, 15) is 9.59 Å². The summed E-state index contributed by atoms with van der Waals surface area (Å²) in [6.07, 6.45) is 0. The summed E-state index contributed by atoms with van der Waals surface area (Å²) >= 11 is 1.34. The molecule has 0 saturated heterocycles. The summed E-state index contributed by atoms with van der Waals surface area (Å²) in [5.74, 6) is -0.499. The molecule has 0 saturated carbocycles. The van der Waals surface area contributed by atoms with Crippen LogP contribution in [0.1, 0.15) is 34.0 Å². The normalized spacial score (nSPS) is 11.7. The molecule has 132 valence electrons. The maximum atomic E-state index is 12.6. The van der Waals surface area contributed by atoms with Gasteiger partial charge in [0.1, 0.15) is 0 Å². The molecule has 0 bridgehead atoms. The van der Waals surface area contributed by atoms with E-state index in [1.807, 2.05) is 52.0 Å². The van der Waals surface area contributed by atoms with Gasteiger partial charge in [-0.25, -0.2) is 4.79 Å². The number of carbonyl (C=O) groups is 2. The number of thioether (sulfide) groups is 1. The minimum absolute atomic E-state index is 0.0975. The maximum Gasteiger partial charge on any atom is 0.338 e. The lowest BCUT2D eigenvalue weighted by Crippen LogP contribution is -2.23. The second-order valence-electron chi connectivity index (χ2n) is 6.01. The molecule has 0 aliphatic carbocycles. The van der Waals surface area contributed by atoms with E-state index >= 15 is 0 Å². The molecule has 5 heteroatoms. The van der Waals surface area contributed by atoms with Crippen molar-refractivity contribution in [2.24, 2.45) is 0 Å². The maximum absolute atomic E-state index is 12.6. The molecule has 0 aliphatic rings. The highest BCUT2D eigenvalue weighted by atomic mass is 32.2. The van der Waals surface area contributed by atoms with Crippen LogP contribution in [0, 0.1) is 20.8 Å². The van der Waals surface area contributed by atoms with Crippen molar-refractivity contribution in [3.63, 3.8) is 0 Å². The Kier molecular flexibility index (Phi) is 6.26. The topological polar surface area (TPSA) is 55.4 Å². The fourth-order valence-electron chi connectivity index (χ4n) is 2.69.